The number of hydrogen-bond donors (Lipinski definition) is 1. The molecule has 27 heavy (non-hydrogen) atoms. The Balaban J connectivity index is 1.49. The number of nitrogens with one attached hydrogen (secondary N) is 1. The van der Waals surface area contributed by atoms with Crippen LogP contribution in [0.25, 0.3) is 11.3 Å². The van der Waals surface area contributed by atoms with Gasteiger partial charge >= 0.3 is 6.18 Å². The third-order valence-electron chi connectivity index (χ3n) is 4.96. The quantitative estimate of drug-likeness (QED) is 0.809. The highest BCUT2D eigenvalue weighted by molar-refractivity contribution is 5.76. The summed E-state index contributed by atoms with van der Waals surface area (Å²) in [5.74, 6) is -0.512. The maximum absolute atomic E-state index is 12.9. The van der Waals surface area contributed by atoms with Crippen LogP contribution in [0, 0.1) is 12.8 Å². The molecule has 0 bridgehead atoms. The standard InChI is InChI=1S/C20H23F3N2O2/c1-13-5-7-14(8-6-13)17-12-24-19(27-17)10-9-18(26)25-16-4-2-3-15(11-16)20(21,22)23/h5-8,12,15-16H,2-4,9-11H2,1H3,(H,25,26). The van der Waals surface area contributed by atoms with E-state index in [1.54, 1.807) is 6.20 Å². The number of amides is 1. The second-order valence-electron chi connectivity index (χ2n) is 7.15. The number of nitrogens with zero attached hydrogens (tertiary/aromatic N) is 1. The van der Waals surface area contributed by atoms with Crippen LogP contribution in [0.3, 0.4) is 0 Å². The summed E-state index contributed by atoms with van der Waals surface area (Å²) in [7, 11) is 0. The molecule has 1 aromatic heterocycles. The Labute approximate surface area is 156 Å². The molecule has 7 heteroatoms. The number of carbonyl (C=O) groups is 1. The van der Waals surface area contributed by atoms with E-state index in [0.29, 0.717) is 30.9 Å². The van der Waals surface area contributed by atoms with E-state index in [4.69, 9.17) is 4.42 Å². The average molecular weight is 380 g/mol. The van der Waals surface area contributed by atoms with Gasteiger partial charge in [0.05, 0.1) is 12.1 Å². The fraction of sp³-hybridized carbons (Fsp3) is 0.500. The van der Waals surface area contributed by atoms with Crippen molar-refractivity contribution in [2.24, 2.45) is 5.92 Å². The number of carbonyl (C=O) groups excluding carboxylic acids is 1. The number of aromatic nitrogens is 1. The molecule has 4 nitrogen and oxygen atoms in total. The Bertz CT molecular complexity index is 768. The molecule has 0 radical (unpaired) electrons. The summed E-state index contributed by atoms with van der Waals surface area (Å²) in [6, 6.07) is 7.41. The fourth-order valence-electron chi connectivity index (χ4n) is 3.42. The van der Waals surface area contributed by atoms with E-state index in [1.807, 2.05) is 31.2 Å². The number of alkyl halides is 3. The van der Waals surface area contributed by atoms with Crippen LogP contribution in [0.2, 0.25) is 0 Å². The van der Waals surface area contributed by atoms with Crippen molar-refractivity contribution in [3.8, 4) is 11.3 Å². The monoisotopic (exact) mass is 380 g/mol. The number of halogens is 3. The van der Waals surface area contributed by atoms with Crippen molar-refractivity contribution >= 4 is 5.91 Å². The van der Waals surface area contributed by atoms with Crippen molar-refractivity contribution < 1.29 is 22.4 Å². The van der Waals surface area contributed by atoms with Crippen LogP contribution in [-0.4, -0.2) is 23.1 Å². The first-order valence-corrected chi connectivity index (χ1v) is 9.19. The van der Waals surface area contributed by atoms with Crippen LogP contribution < -0.4 is 5.32 Å². The van der Waals surface area contributed by atoms with Gasteiger partial charge in [-0.05, 0) is 26.2 Å². The third-order valence-corrected chi connectivity index (χ3v) is 4.96. The molecule has 3 rings (SSSR count). The van der Waals surface area contributed by atoms with Crippen LogP contribution in [0.4, 0.5) is 13.2 Å². The largest absolute Gasteiger partial charge is 0.441 e. The number of rotatable bonds is 5. The Kier molecular flexibility index (Phi) is 5.87. The maximum atomic E-state index is 12.9. The van der Waals surface area contributed by atoms with Crippen molar-refractivity contribution in [1.29, 1.82) is 0 Å². The van der Waals surface area contributed by atoms with Crippen LogP contribution in [-0.2, 0) is 11.2 Å². The second kappa shape index (κ2) is 8.15. The molecule has 1 aliphatic rings. The molecule has 0 saturated heterocycles. The summed E-state index contributed by atoms with van der Waals surface area (Å²) in [5, 5.41) is 2.73. The Morgan fingerprint density at radius 2 is 2.00 bits per heavy atom. The Morgan fingerprint density at radius 3 is 2.70 bits per heavy atom. The highest BCUT2D eigenvalue weighted by Crippen LogP contribution is 2.37. The molecule has 1 aliphatic carbocycles. The normalized spacial score (nSPS) is 20.4. The van der Waals surface area contributed by atoms with Gasteiger partial charge in [-0.2, -0.15) is 13.2 Å². The van der Waals surface area contributed by atoms with Gasteiger partial charge in [0.15, 0.2) is 11.7 Å². The predicted octanol–water partition coefficient (Wildman–Crippen LogP) is 4.82. The Morgan fingerprint density at radius 1 is 1.26 bits per heavy atom. The molecule has 2 aromatic rings. The van der Waals surface area contributed by atoms with Gasteiger partial charge in [-0.3, -0.25) is 4.79 Å². The molecule has 1 aromatic carbocycles. The summed E-state index contributed by atoms with van der Waals surface area (Å²) in [6.07, 6.45) is -0.932. The molecule has 1 fully saturated rings. The van der Waals surface area contributed by atoms with Crippen molar-refractivity contribution in [2.45, 2.75) is 57.7 Å². The highest BCUT2D eigenvalue weighted by atomic mass is 19.4. The van der Waals surface area contributed by atoms with Crippen LogP contribution in [0.15, 0.2) is 34.9 Å². The zero-order valence-corrected chi connectivity index (χ0v) is 15.2. The fourth-order valence-corrected chi connectivity index (χ4v) is 3.42. The van der Waals surface area contributed by atoms with E-state index in [2.05, 4.69) is 10.3 Å². The smallest absolute Gasteiger partial charge is 0.391 e. The van der Waals surface area contributed by atoms with E-state index in [0.717, 1.165) is 11.1 Å². The lowest BCUT2D eigenvalue weighted by atomic mass is 9.85. The minimum Gasteiger partial charge on any atom is -0.441 e. The van der Waals surface area contributed by atoms with Crippen molar-refractivity contribution in [3.63, 3.8) is 0 Å². The molecular formula is C20H23F3N2O2. The highest BCUT2D eigenvalue weighted by Gasteiger charge is 2.42. The summed E-state index contributed by atoms with van der Waals surface area (Å²) in [5.41, 5.74) is 2.05. The van der Waals surface area contributed by atoms with Gasteiger partial charge in [-0.1, -0.05) is 36.2 Å². The minimum atomic E-state index is -4.19. The second-order valence-corrected chi connectivity index (χ2v) is 7.15. The molecule has 2 unspecified atom stereocenters. The summed E-state index contributed by atoms with van der Waals surface area (Å²) >= 11 is 0. The first-order chi connectivity index (χ1) is 12.8. The van der Waals surface area contributed by atoms with Gasteiger partial charge in [-0.25, -0.2) is 4.98 Å². The predicted molar refractivity (Wildman–Crippen MR) is 94.9 cm³/mol. The molecule has 1 saturated carbocycles. The summed E-state index contributed by atoms with van der Waals surface area (Å²) in [4.78, 5) is 16.3. The van der Waals surface area contributed by atoms with Gasteiger partial charge in [0.1, 0.15) is 0 Å². The lowest BCUT2D eigenvalue weighted by Crippen LogP contribution is -2.41. The molecule has 2 atom stereocenters. The molecule has 0 aliphatic heterocycles. The lowest BCUT2D eigenvalue weighted by molar-refractivity contribution is -0.184. The van der Waals surface area contributed by atoms with Crippen LogP contribution in [0.1, 0.15) is 43.6 Å². The maximum Gasteiger partial charge on any atom is 0.391 e. The average Bonchev–Trinajstić information content (AvgIpc) is 3.09. The van der Waals surface area contributed by atoms with Gasteiger partial charge in [0.25, 0.3) is 0 Å². The van der Waals surface area contributed by atoms with Gasteiger partial charge < -0.3 is 9.73 Å². The third kappa shape index (κ3) is 5.34. The van der Waals surface area contributed by atoms with Crippen molar-refractivity contribution in [3.05, 3.63) is 41.9 Å². The van der Waals surface area contributed by atoms with E-state index in [-0.39, 0.29) is 25.2 Å². The number of aryl methyl sites for hydroxylation is 2. The Hall–Kier alpha value is -2.31. The molecule has 146 valence electrons. The minimum absolute atomic E-state index is 0.0359. The number of benzene rings is 1. The van der Waals surface area contributed by atoms with E-state index in [1.165, 1.54) is 0 Å². The van der Waals surface area contributed by atoms with E-state index in [9.17, 15) is 18.0 Å². The topological polar surface area (TPSA) is 55.1 Å². The van der Waals surface area contributed by atoms with Gasteiger partial charge in [0, 0.05) is 24.4 Å². The van der Waals surface area contributed by atoms with Crippen LogP contribution >= 0.6 is 0 Å². The van der Waals surface area contributed by atoms with Crippen LogP contribution in [0.5, 0.6) is 0 Å². The number of hydrogen-bond acceptors (Lipinski definition) is 3. The number of oxazole rings is 1. The zero-order valence-electron chi connectivity index (χ0n) is 15.2. The molecule has 0 spiro atoms. The molecule has 1 amide bonds. The first kappa shape index (κ1) is 19.5. The molecular weight excluding hydrogens is 357 g/mol. The lowest BCUT2D eigenvalue weighted by Gasteiger charge is -2.31. The first-order valence-electron chi connectivity index (χ1n) is 9.19. The summed E-state index contributed by atoms with van der Waals surface area (Å²) < 4.78 is 44.2. The van der Waals surface area contributed by atoms with Gasteiger partial charge in [-0.15, -0.1) is 0 Å². The molecule has 1 heterocycles. The van der Waals surface area contributed by atoms with Gasteiger partial charge in [0.2, 0.25) is 5.91 Å². The van der Waals surface area contributed by atoms with Crippen molar-refractivity contribution in [2.75, 3.05) is 0 Å². The van der Waals surface area contributed by atoms with E-state index >= 15 is 0 Å². The van der Waals surface area contributed by atoms with E-state index < -0.39 is 18.1 Å². The van der Waals surface area contributed by atoms with Crippen molar-refractivity contribution in [1.82, 2.24) is 10.3 Å². The zero-order chi connectivity index (χ0) is 19.4. The summed E-state index contributed by atoms with van der Waals surface area (Å²) in [6.45, 7) is 2.00. The SMILES string of the molecule is Cc1ccc(-c2cnc(CCC(=O)NC3CCCC(C(F)(F)F)C3)o2)cc1. The molecule has 1 N–H and O–H groups in total.